The van der Waals surface area contributed by atoms with Gasteiger partial charge in [0.15, 0.2) is 16.7 Å². The lowest BCUT2D eigenvalue weighted by atomic mass is 10.1. The maximum absolute atomic E-state index is 12.2. The Morgan fingerprint density at radius 2 is 1.83 bits per heavy atom. The molecule has 0 saturated heterocycles. The predicted octanol–water partition coefficient (Wildman–Crippen LogP) is 5.09. The van der Waals surface area contributed by atoms with Crippen molar-refractivity contribution in [3.8, 4) is 0 Å². The van der Waals surface area contributed by atoms with Crippen LogP contribution in [0.1, 0.15) is 25.8 Å². The lowest BCUT2D eigenvalue weighted by molar-refractivity contribution is 0.136. The first-order valence-corrected chi connectivity index (χ1v) is 12.9. The van der Waals surface area contributed by atoms with Crippen molar-refractivity contribution in [1.29, 1.82) is 0 Å². The Morgan fingerprint density at radius 3 is 2.33 bits per heavy atom. The van der Waals surface area contributed by atoms with Crippen LogP contribution in [0, 0.1) is 5.92 Å². The number of nitrogens with one attached hydrogen (secondary N) is 1. The molecule has 24 heavy (non-hydrogen) atoms. The second-order valence-electron chi connectivity index (χ2n) is 7.02. The van der Waals surface area contributed by atoms with Crippen molar-refractivity contribution in [2.75, 3.05) is 7.11 Å². The Kier molecular flexibility index (Phi) is 8.91. The number of alkyl carbamates (subject to hydrolysis) is 1. The van der Waals surface area contributed by atoms with Crippen molar-refractivity contribution in [2.24, 2.45) is 5.92 Å². The van der Waals surface area contributed by atoms with Gasteiger partial charge in [-0.2, -0.15) is 0 Å². The average Bonchev–Trinajstić information content (AvgIpc) is 2.49. The van der Waals surface area contributed by atoms with Gasteiger partial charge in [0.05, 0.1) is 0 Å². The van der Waals surface area contributed by atoms with Gasteiger partial charge >= 0.3 is 6.09 Å². The second kappa shape index (κ2) is 10.1. The molecule has 0 aliphatic rings. The summed E-state index contributed by atoms with van der Waals surface area (Å²) in [4.78, 5) is 12.2. The fourth-order valence-electron chi connectivity index (χ4n) is 2.04. The molecule has 1 amide bonds. The highest BCUT2D eigenvalue weighted by Gasteiger charge is 2.31. The highest BCUT2D eigenvalue weighted by Crippen LogP contribution is 2.46. The summed E-state index contributed by atoms with van der Waals surface area (Å²) in [6.45, 7) is 10.8. The minimum atomic E-state index is -1.77. The molecule has 1 N–H and O–H groups in total. The quantitative estimate of drug-likeness (QED) is 0.485. The fourth-order valence-corrected chi connectivity index (χ4v) is 6.07. The molecule has 0 fully saturated rings. The van der Waals surface area contributed by atoms with Crippen molar-refractivity contribution in [1.82, 2.24) is 5.32 Å². The Balaban J connectivity index is 2.64. The molecule has 7 heteroatoms. The van der Waals surface area contributed by atoms with Crippen LogP contribution in [0.2, 0.25) is 19.6 Å². The summed E-state index contributed by atoms with van der Waals surface area (Å²) in [5.74, 6) is 0.231. The normalized spacial score (nSPS) is 14.3. The molecule has 1 aromatic rings. The van der Waals surface area contributed by atoms with Crippen LogP contribution < -0.4 is 5.32 Å². The Morgan fingerprint density at radius 1 is 1.21 bits per heavy atom. The van der Waals surface area contributed by atoms with Crippen LogP contribution in [0.15, 0.2) is 30.3 Å². The van der Waals surface area contributed by atoms with Crippen molar-refractivity contribution in [2.45, 2.75) is 52.3 Å². The van der Waals surface area contributed by atoms with Crippen LogP contribution in [-0.2, 0) is 20.1 Å². The summed E-state index contributed by atoms with van der Waals surface area (Å²) in [5, 5.41) is 2.93. The van der Waals surface area contributed by atoms with E-state index in [4.69, 9.17) is 13.5 Å². The molecule has 0 heterocycles. The molecule has 0 saturated carbocycles. The molecular weight excluding hydrogens is 341 g/mol. The van der Waals surface area contributed by atoms with E-state index in [1.807, 2.05) is 30.3 Å². The van der Waals surface area contributed by atoms with E-state index in [1.54, 1.807) is 7.11 Å². The zero-order valence-electron chi connectivity index (χ0n) is 15.5. The lowest BCUT2D eigenvalue weighted by Crippen LogP contribution is -2.37. The van der Waals surface area contributed by atoms with Crippen LogP contribution in [0.4, 0.5) is 4.79 Å². The molecule has 0 radical (unpaired) electrons. The van der Waals surface area contributed by atoms with E-state index < -0.39 is 22.8 Å². The first-order valence-electron chi connectivity index (χ1n) is 8.21. The standard InChI is InChI=1S/C17H30NO4PSi/c1-14(2)12-16(23(20-3)22-24(4,5)6)18-17(19)21-13-15-10-8-7-9-11-15/h7-11,14,16H,12-13H2,1-6H3,(H,18,19). The van der Waals surface area contributed by atoms with Gasteiger partial charge in [0, 0.05) is 7.11 Å². The number of hydrogen-bond donors (Lipinski definition) is 1. The average molecular weight is 371 g/mol. The van der Waals surface area contributed by atoms with Gasteiger partial charge in [0.25, 0.3) is 0 Å². The fraction of sp³-hybridized carbons (Fsp3) is 0.588. The van der Waals surface area contributed by atoms with Gasteiger partial charge in [0.1, 0.15) is 12.4 Å². The van der Waals surface area contributed by atoms with Gasteiger partial charge in [0.2, 0.25) is 0 Å². The first-order chi connectivity index (χ1) is 11.2. The van der Waals surface area contributed by atoms with E-state index in [2.05, 4.69) is 38.8 Å². The minimum absolute atomic E-state index is 0.181. The van der Waals surface area contributed by atoms with E-state index in [0.717, 1.165) is 12.0 Å². The van der Waals surface area contributed by atoms with Crippen molar-refractivity contribution >= 4 is 22.8 Å². The molecule has 0 spiro atoms. The number of ether oxygens (including phenoxy) is 1. The van der Waals surface area contributed by atoms with Gasteiger partial charge < -0.3 is 18.8 Å². The largest absolute Gasteiger partial charge is 0.445 e. The SMILES string of the molecule is COP(O[Si](C)(C)C)C(CC(C)C)NC(=O)OCc1ccccc1. The van der Waals surface area contributed by atoms with Gasteiger partial charge in [-0.05, 0) is 37.5 Å². The van der Waals surface area contributed by atoms with Crippen LogP contribution in [0.3, 0.4) is 0 Å². The van der Waals surface area contributed by atoms with Gasteiger partial charge in [-0.25, -0.2) is 4.79 Å². The summed E-state index contributed by atoms with van der Waals surface area (Å²) < 4.78 is 17.0. The maximum Gasteiger partial charge on any atom is 0.408 e. The molecule has 1 rings (SSSR count). The number of amides is 1. The van der Waals surface area contributed by atoms with Crippen LogP contribution in [0.25, 0.3) is 0 Å². The molecule has 5 nitrogen and oxygen atoms in total. The van der Waals surface area contributed by atoms with Crippen molar-refractivity contribution < 1.29 is 18.3 Å². The number of carbonyl (C=O) groups excluding carboxylic acids is 1. The van der Waals surface area contributed by atoms with E-state index in [0.29, 0.717) is 5.92 Å². The molecule has 0 aliphatic carbocycles. The summed E-state index contributed by atoms with van der Waals surface area (Å²) in [6, 6.07) is 9.63. The van der Waals surface area contributed by atoms with Crippen LogP contribution in [0.5, 0.6) is 0 Å². The van der Waals surface area contributed by atoms with Gasteiger partial charge in [-0.15, -0.1) is 0 Å². The Hall–Kier alpha value is -0.943. The van der Waals surface area contributed by atoms with E-state index in [1.165, 1.54) is 0 Å². The summed E-state index contributed by atoms with van der Waals surface area (Å²) in [6.07, 6.45) is 0.345. The van der Waals surface area contributed by atoms with E-state index >= 15 is 0 Å². The van der Waals surface area contributed by atoms with E-state index in [-0.39, 0.29) is 12.4 Å². The maximum atomic E-state index is 12.2. The smallest absolute Gasteiger partial charge is 0.408 e. The number of carbonyl (C=O) groups is 1. The van der Waals surface area contributed by atoms with Crippen molar-refractivity contribution in [3.63, 3.8) is 0 Å². The zero-order valence-corrected chi connectivity index (χ0v) is 17.4. The third-order valence-electron chi connectivity index (χ3n) is 2.99. The number of rotatable bonds is 9. The lowest BCUT2D eigenvalue weighted by Gasteiger charge is -2.31. The van der Waals surface area contributed by atoms with Crippen LogP contribution in [-0.4, -0.2) is 27.3 Å². The molecule has 1 aromatic carbocycles. The minimum Gasteiger partial charge on any atom is -0.445 e. The third kappa shape index (κ3) is 8.78. The first kappa shape index (κ1) is 21.1. The third-order valence-corrected chi connectivity index (χ3v) is 7.11. The van der Waals surface area contributed by atoms with Crippen LogP contribution >= 0.6 is 8.38 Å². The Labute approximate surface area is 148 Å². The topological polar surface area (TPSA) is 56.8 Å². The molecule has 0 aliphatic heterocycles. The predicted molar refractivity (Wildman–Crippen MR) is 101 cm³/mol. The summed E-state index contributed by atoms with van der Waals surface area (Å²) in [7, 11) is -1.32. The molecule has 136 valence electrons. The van der Waals surface area contributed by atoms with Gasteiger partial charge in [-0.3, -0.25) is 0 Å². The molecule has 0 aromatic heterocycles. The monoisotopic (exact) mass is 371 g/mol. The number of benzene rings is 1. The highest BCUT2D eigenvalue weighted by molar-refractivity contribution is 7.49. The van der Waals surface area contributed by atoms with Gasteiger partial charge in [-0.1, -0.05) is 44.2 Å². The second-order valence-corrected chi connectivity index (χ2v) is 13.5. The molecule has 2 unspecified atom stereocenters. The molecular formula is C17H30NO4PSi. The highest BCUT2D eigenvalue weighted by atomic mass is 31.2. The van der Waals surface area contributed by atoms with Crippen molar-refractivity contribution in [3.05, 3.63) is 35.9 Å². The summed E-state index contributed by atoms with van der Waals surface area (Å²) >= 11 is 0. The zero-order chi connectivity index (χ0) is 18.2. The number of hydrogen-bond acceptors (Lipinski definition) is 4. The summed E-state index contributed by atoms with van der Waals surface area (Å²) in [5.41, 5.74) is 0.959. The molecule has 0 bridgehead atoms. The Bertz CT molecular complexity index is 493. The molecule has 2 atom stereocenters. The van der Waals surface area contributed by atoms with E-state index in [9.17, 15) is 4.79 Å².